The van der Waals surface area contributed by atoms with Crippen LogP contribution >= 0.6 is 0 Å². The van der Waals surface area contributed by atoms with Gasteiger partial charge in [0.2, 0.25) is 0 Å². The molecule has 1 aliphatic carbocycles. The van der Waals surface area contributed by atoms with Gasteiger partial charge in [0, 0.05) is 0 Å². The number of hydrogen-bond donors (Lipinski definition) is 0. The minimum Gasteiger partial charge on any atom is -0.313 e. The fourth-order valence-electron chi connectivity index (χ4n) is 1.29. The summed E-state index contributed by atoms with van der Waals surface area (Å²) >= 11 is 0. The minimum absolute atomic E-state index is 0.336. The van der Waals surface area contributed by atoms with Gasteiger partial charge in [-0.1, -0.05) is 6.42 Å². The largest absolute Gasteiger partial charge is 0.416 e. The third kappa shape index (κ3) is 3.14. The van der Waals surface area contributed by atoms with E-state index in [0.29, 0.717) is 12.8 Å². The number of alkyl halides is 4. The Morgan fingerprint density at radius 3 is 2.54 bits per heavy atom. The average molecular weight is 199 g/mol. The van der Waals surface area contributed by atoms with Crippen LogP contribution in [0.5, 0.6) is 0 Å². The van der Waals surface area contributed by atoms with Gasteiger partial charge in [0.15, 0.2) is 0 Å². The monoisotopic (exact) mass is 199 g/mol. The lowest BCUT2D eigenvalue weighted by Crippen LogP contribution is -2.35. The number of hydrogen-bond acceptors (Lipinski definition) is 1. The first-order valence-corrected chi connectivity index (χ1v) is 4.18. The van der Waals surface area contributed by atoms with E-state index in [-0.39, 0.29) is 0 Å². The molecule has 0 aromatic carbocycles. The molecule has 1 nitrogen and oxygen atoms in total. The SMILES string of the molecule is FC(F)C(F)(F)OC1C[CH]CCC1. The molecule has 1 radical (unpaired) electrons. The normalized spacial score (nSPS) is 21.0. The molecule has 0 amide bonds. The van der Waals surface area contributed by atoms with E-state index in [2.05, 4.69) is 4.74 Å². The Labute approximate surface area is 74.1 Å². The smallest absolute Gasteiger partial charge is 0.313 e. The van der Waals surface area contributed by atoms with Crippen molar-refractivity contribution in [3.63, 3.8) is 0 Å². The molecule has 77 valence electrons. The van der Waals surface area contributed by atoms with Gasteiger partial charge in [0.1, 0.15) is 0 Å². The molecule has 0 aromatic rings. The summed E-state index contributed by atoms with van der Waals surface area (Å²) in [7, 11) is 0. The Bertz CT molecular complexity index is 154. The lowest BCUT2D eigenvalue weighted by atomic mass is 9.98. The Morgan fingerprint density at radius 1 is 1.38 bits per heavy atom. The van der Waals surface area contributed by atoms with Crippen molar-refractivity contribution in [2.75, 3.05) is 0 Å². The van der Waals surface area contributed by atoms with Crippen LogP contribution in [-0.4, -0.2) is 18.6 Å². The lowest BCUT2D eigenvalue weighted by Gasteiger charge is -2.26. The van der Waals surface area contributed by atoms with Crippen molar-refractivity contribution in [1.82, 2.24) is 0 Å². The van der Waals surface area contributed by atoms with Crippen molar-refractivity contribution >= 4 is 0 Å². The first-order valence-electron chi connectivity index (χ1n) is 4.18. The third-order valence-corrected chi connectivity index (χ3v) is 1.94. The number of ether oxygens (including phenoxy) is 1. The van der Waals surface area contributed by atoms with Crippen LogP contribution in [0.15, 0.2) is 0 Å². The van der Waals surface area contributed by atoms with E-state index in [9.17, 15) is 17.6 Å². The molecule has 1 aliphatic rings. The zero-order chi connectivity index (χ0) is 9.90. The van der Waals surface area contributed by atoms with Gasteiger partial charge in [-0.2, -0.15) is 8.78 Å². The number of rotatable bonds is 3. The summed E-state index contributed by atoms with van der Waals surface area (Å²) in [6.07, 6.45) is -4.66. The Balaban J connectivity index is 2.37. The lowest BCUT2D eigenvalue weighted by molar-refractivity contribution is -0.319. The summed E-state index contributed by atoms with van der Waals surface area (Å²) in [6, 6.07) is 0. The van der Waals surface area contributed by atoms with Crippen molar-refractivity contribution in [3.05, 3.63) is 6.42 Å². The Hall–Kier alpha value is -0.320. The quantitative estimate of drug-likeness (QED) is 0.635. The molecule has 5 heteroatoms. The van der Waals surface area contributed by atoms with E-state index >= 15 is 0 Å². The number of halogens is 4. The molecular formula is C8H11F4O. The van der Waals surface area contributed by atoms with Crippen molar-refractivity contribution in [2.45, 2.75) is 44.3 Å². The first-order chi connectivity index (χ1) is 6.02. The van der Waals surface area contributed by atoms with Crippen LogP contribution in [0.2, 0.25) is 0 Å². The molecule has 1 atom stereocenters. The van der Waals surface area contributed by atoms with Gasteiger partial charge >= 0.3 is 12.5 Å². The molecule has 0 N–H and O–H groups in total. The topological polar surface area (TPSA) is 9.23 Å². The maximum Gasteiger partial charge on any atom is 0.416 e. The van der Waals surface area contributed by atoms with Gasteiger partial charge < -0.3 is 4.74 Å². The van der Waals surface area contributed by atoms with E-state index in [0.717, 1.165) is 12.8 Å². The van der Waals surface area contributed by atoms with Crippen molar-refractivity contribution in [2.24, 2.45) is 0 Å². The zero-order valence-electron chi connectivity index (χ0n) is 6.98. The second-order valence-corrected chi connectivity index (χ2v) is 3.06. The fraction of sp³-hybridized carbons (Fsp3) is 0.875. The third-order valence-electron chi connectivity index (χ3n) is 1.94. The van der Waals surface area contributed by atoms with E-state index in [1.165, 1.54) is 0 Å². The highest BCUT2D eigenvalue weighted by molar-refractivity contribution is 4.79. The first kappa shape index (κ1) is 10.8. The highest BCUT2D eigenvalue weighted by atomic mass is 19.3. The molecule has 0 heterocycles. The van der Waals surface area contributed by atoms with Crippen LogP contribution in [0.1, 0.15) is 25.7 Å². The van der Waals surface area contributed by atoms with Gasteiger partial charge in [0.05, 0.1) is 6.10 Å². The predicted molar refractivity (Wildman–Crippen MR) is 38.6 cm³/mol. The molecule has 1 unspecified atom stereocenters. The second-order valence-electron chi connectivity index (χ2n) is 3.06. The van der Waals surface area contributed by atoms with Gasteiger partial charge in [-0.25, -0.2) is 8.78 Å². The van der Waals surface area contributed by atoms with E-state index < -0.39 is 18.6 Å². The molecule has 0 saturated heterocycles. The summed E-state index contributed by atoms with van der Waals surface area (Å²) < 4.78 is 52.1. The highest BCUT2D eigenvalue weighted by Gasteiger charge is 2.44. The van der Waals surface area contributed by atoms with Crippen LogP contribution in [0.4, 0.5) is 17.6 Å². The van der Waals surface area contributed by atoms with Crippen LogP contribution in [0, 0.1) is 6.42 Å². The van der Waals surface area contributed by atoms with Crippen LogP contribution in [0.3, 0.4) is 0 Å². The molecule has 13 heavy (non-hydrogen) atoms. The molecule has 1 fully saturated rings. The maximum absolute atomic E-state index is 12.3. The molecule has 1 saturated carbocycles. The highest BCUT2D eigenvalue weighted by Crippen LogP contribution is 2.30. The van der Waals surface area contributed by atoms with Crippen molar-refractivity contribution in [3.8, 4) is 0 Å². The average Bonchev–Trinajstić information content (AvgIpc) is 2.05. The van der Waals surface area contributed by atoms with Gasteiger partial charge in [0.25, 0.3) is 0 Å². The second kappa shape index (κ2) is 4.26. The summed E-state index contributed by atoms with van der Waals surface area (Å²) in [6.45, 7) is 0. The van der Waals surface area contributed by atoms with Gasteiger partial charge in [-0.05, 0) is 25.7 Å². The Morgan fingerprint density at radius 2 is 2.08 bits per heavy atom. The van der Waals surface area contributed by atoms with Gasteiger partial charge in [-0.3, -0.25) is 0 Å². The van der Waals surface area contributed by atoms with E-state index in [4.69, 9.17) is 0 Å². The van der Waals surface area contributed by atoms with Crippen molar-refractivity contribution < 1.29 is 22.3 Å². The summed E-state index contributed by atoms with van der Waals surface area (Å²) in [5, 5.41) is 0. The minimum atomic E-state index is -4.30. The van der Waals surface area contributed by atoms with Crippen LogP contribution < -0.4 is 0 Å². The predicted octanol–water partition coefficient (Wildman–Crippen LogP) is 3.01. The standard InChI is InChI=1S/C8H11F4O/c9-7(10)8(11,12)13-6-4-2-1-3-5-6/h2,6-7H,1,3-5H2. The summed E-state index contributed by atoms with van der Waals surface area (Å²) in [5.41, 5.74) is 0. The fourth-order valence-corrected chi connectivity index (χ4v) is 1.29. The zero-order valence-corrected chi connectivity index (χ0v) is 6.98. The molecule has 1 rings (SSSR count). The molecule has 0 aromatic heterocycles. The van der Waals surface area contributed by atoms with E-state index in [1.54, 1.807) is 6.42 Å². The molecule has 0 spiro atoms. The summed E-state index contributed by atoms with van der Waals surface area (Å²) in [4.78, 5) is 0. The van der Waals surface area contributed by atoms with Crippen LogP contribution in [0.25, 0.3) is 0 Å². The van der Waals surface area contributed by atoms with Crippen molar-refractivity contribution in [1.29, 1.82) is 0 Å². The van der Waals surface area contributed by atoms with Gasteiger partial charge in [-0.15, -0.1) is 0 Å². The summed E-state index contributed by atoms with van der Waals surface area (Å²) in [5.74, 6) is 0. The molecule has 0 aliphatic heterocycles. The Kier molecular flexibility index (Phi) is 3.53. The maximum atomic E-state index is 12.3. The molecular weight excluding hydrogens is 188 g/mol. The van der Waals surface area contributed by atoms with E-state index in [1.807, 2.05) is 0 Å². The molecule has 0 bridgehead atoms. The van der Waals surface area contributed by atoms with Crippen LogP contribution in [-0.2, 0) is 4.74 Å².